The molecule has 0 saturated heterocycles. The van der Waals surface area contributed by atoms with Gasteiger partial charge in [0.2, 0.25) is 0 Å². The Bertz CT molecular complexity index is 854. The Labute approximate surface area is 127 Å². The molecule has 0 aliphatic rings. The Morgan fingerprint density at radius 3 is 2.59 bits per heavy atom. The second kappa shape index (κ2) is 5.91. The van der Waals surface area contributed by atoms with Crippen LogP contribution < -0.4 is 21.6 Å². The van der Waals surface area contributed by atoms with Crippen LogP contribution in [0.15, 0.2) is 59.5 Å². The van der Waals surface area contributed by atoms with Crippen LogP contribution in [0.25, 0.3) is 10.8 Å². The van der Waals surface area contributed by atoms with Crippen LogP contribution in [0.1, 0.15) is 5.56 Å². The maximum absolute atomic E-state index is 12.5. The van der Waals surface area contributed by atoms with E-state index in [4.69, 9.17) is 10.6 Å². The van der Waals surface area contributed by atoms with Crippen LogP contribution in [-0.2, 0) is 6.54 Å². The fourth-order valence-corrected chi connectivity index (χ4v) is 2.43. The van der Waals surface area contributed by atoms with Gasteiger partial charge in [-0.15, -0.1) is 0 Å². The number of nitrogens with zero attached hydrogens (tertiary/aromatic N) is 1. The molecule has 0 fully saturated rings. The summed E-state index contributed by atoms with van der Waals surface area (Å²) >= 11 is 0. The highest BCUT2D eigenvalue weighted by Gasteiger charge is 2.04. The van der Waals surface area contributed by atoms with Gasteiger partial charge in [0.05, 0.1) is 13.7 Å². The molecule has 0 bridgehead atoms. The number of fused-ring (bicyclic) bond motifs is 1. The van der Waals surface area contributed by atoms with Gasteiger partial charge in [-0.1, -0.05) is 12.1 Å². The molecule has 112 valence electrons. The Morgan fingerprint density at radius 2 is 1.91 bits per heavy atom. The third-order valence-electron chi connectivity index (χ3n) is 3.66. The number of hydrogen-bond acceptors (Lipinski definition) is 4. The normalized spacial score (nSPS) is 10.6. The van der Waals surface area contributed by atoms with Gasteiger partial charge in [0, 0.05) is 17.3 Å². The van der Waals surface area contributed by atoms with E-state index in [-0.39, 0.29) is 5.56 Å². The van der Waals surface area contributed by atoms with Crippen LogP contribution in [0.4, 0.5) is 5.69 Å². The molecule has 5 heteroatoms. The highest BCUT2D eigenvalue weighted by molar-refractivity contribution is 5.84. The Balaban J connectivity index is 1.97. The zero-order valence-electron chi connectivity index (χ0n) is 12.2. The van der Waals surface area contributed by atoms with Crippen molar-refractivity contribution in [3.05, 3.63) is 70.6 Å². The van der Waals surface area contributed by atoms with E-state index >= 15 is 0 Å². The lowest BCUT2D eigenvalue weighted by molar-refractivity contribution is 0.414. The number of hydrazine groups is 1. The molecule has 3 N–H and O–H groups in total. The lowest BCUT2D eigenvalue weighted by Crippen LogP contribution is -2.20. The molecule has 0 atom stereocenters. The summed E-state index contributed by atoms with van der Waals surface area (Å²) in [5.41, 5.74) is 4.39. The molecule has 22 heavy (non-hydrogen) atoms. The van der Waals surface area contributed by atoms with Crippen molar-refractivity contribution in [2.75, 3.05) is 12.5 Å². The number of anilines is 1. The van der Waals surface area contributed by atoms with Crippen molar-refractivity contribution in [3.63, 3.8) is 0 Å². The maximum Gasteiger partial charge on any atom is 0.258 e. The number of benzene rings is 2. The SMILES string of the molecule is COc1ccc(Cn2ccc3cc(NN)ccc3c2=O)cc1. The first-order valence-corrected chi connectivity index (χ1v) is 6.94. The highest BCUT2D eigenvalue weighted by Crippen LogP contribution is 2.16. The summed E-state index contributed by atoms with van der Waals surface area (Å²) in [5.74, 6) is 6.19. The number of nitrogen functional groups attached to an aromatic ring is 1. The minimum Gasteiger partial charge on any atom is -0.497 e. The van der Waals surface area contributed by atoms with E-state index in [0.29, 0.717) is 11.9 Å². The largest absolute Gasteiger partial charge is 0.497 e. The Kier molecular flexibility index (Phi) is 3.80. The van der Waals surface area contributed by atoms with E-state index in [9.17, 15) is 4.79 Å². The highest BCUT2D eigenvalue weighted by atomic mass is 16.5. The van der Waals surface area contributed by atoms with Gasteiger partial charge < -0.3 is 14.7 Å². The first kappa shape index (κ1) is 14.2. The zero-order valence-corrected chi connectivity index (χ0v) is 12.2. The van der Waals surface area contributed by atoms with Crippen LogP contribution in [0.5, 0.6) is 5.75 Å². The molecule has 0 amide bonds. The molecular formula is C17H17N3O2. The number of nitrogens with one attached hydrogen (secondary N) is 1. The smallest absolute Gasteiger partial charge is 0.258 e. The van der Waals surface area contributed by atoms with Gasteiger partial charge >= 0.3 is 0 Å². The fourth-order valence-electron chi connectivity index (χ4n) is 2.43. The van der Waals surface area contributed by atoms with Gasteiger partial charge in [-0.3, -0.25) is 10.6 Å². The number of nitrogens with two attached hydrogens (primary N) is 1. The molecule has 0 radical (unpaired) electrons. The predicted octanol–water partition coefficient (Wildman–Crippen LogP) is 2.34. The quantitative estimate of drug-likeness (QED) is 0.572. The summed E-state index contributed by atoms with van der Waals surface area (Å²) in [6, 6.07) is 15.0. The average molecular weight is 295 g/mol. The molecule has 0 saturated carbocycles. The van der Waals surface area contributed by atoms with E-state index < -0.39 is 0 Å². The van der Waals surface area contributed by atoms with Gasteiger partial charge in [0.15, 0.2) is 0 Å². The molecule has 1 heterocycles. The molecule has 0 spiro atoms. The van der Waals surface area contributed by atoms with E-state index in [1.165, 1.54) is 0 Å². The van der Waals surface area contributed by atoms with Crippen molar-refractivity contribution < 1.29 is 4.74 Å². The minimum atomic E-state index is -0.0168. The first-order chi connectivity index (χ1) is 10.7. The molecule has 2 aromatic carbocycles. The number of rotatable bonds is 4. The standard InChI is InChI=1S/C17H17N3O2/c1-22-15-5-2-12(3-6-15)11-20-9-8-13-10-14(19-18)4-7-16(13)17(20)21/h2-10,19H,11,18H2,1H3. The lowest BCUT2D eigenvalue weighted by atomic mass is 10.1. The molecule has 3 rings (SSSR count). The number of aromatic nitrogens is 1. The monoisotopic (exact) mass is 295 g/mol. The number of pyridine rings is 1. The van der Waals surface area contributed by atoms with Crippen LogP contribution >= 0.6 is 0 Å². The topological polar surface area (TPSA) is 69.3 Å². The third kappa shape index (κ3) is 2.66. The van der Waals surface area contributed by atoms with Crippen LogP contribution in [-0.4, -0.2) is 11.7 Å². The van der Waals surface area contributed by atoms with Crippen LogP contribution in [0, 0.1) is 0 Å². The summed E-state index contributed by atoms with van der Waals surface area (Å²) in [6.45, 7) is 0.523. The van der Waals surface area contributed by atoms with E-state index in [0.717, 1.165) is 22.4 Å². The molecule has 5 nitrogen and oxygen atoms in total. The number of methoxy groups -OCH3 is 1. The Hall–Kier alpha value is -2.79. The van der Waals surface area contributed by atoms with Gasteiger partial charge in [-0.05, 0) is 47.3 Å². The van der Waals surface area contributed by atoms with E-state index in [1.54, 1.807) is 30.0 Å². The minimum absolute atomic E-state index is 0.0168. The second-order valence-electron chi connectivity index (χ2n) is 5.04. The van der Waals surface area contributed by atoms with Crippen molar-refractivity contribution in [2.45, 2.75) is 6.54 Å². The molecule has 1 aromatic heterocycles. The van der Waals surface area contributed by atoms with Crippen molar-refractivity contribution in [2.24, 2.45) is 5.84 Å². The average Bonchev–Trinajstić information content (AvgIpc) is 2.57. The van der Waals surface area contributed by atoms with Crippen molar-refractivity contribution in [3.8, 4) is 5.75 Å². The van der Waals surface area contributed by atoms with Crippen LogP contribution in [0.3, 0.4) is 0 Å². The molecule has 0 aliphatic heterocycles. The van der Waals surface area contributed by atoms with Crippen molar-refractivity contribution in [1.82, 2.24) is 4.57 Å². The maximum atomic E-state index is 12.5. The predicted molar refractivity (Wildman–Crippen MR) is 88.1 cm³/mol. The third-order valence-corrected chi connectivity index (χ3v) is 3.66. The summed E-state index contributed by atoms with van der Waals surface area (Å²) in [5, 5.41) is 1.54. The Morgan fingerprint density at radius 1 is 1.14 bits per heavy atom. The molecule has 3 aromatic rings. The summed E-state index contributed by atoms with van der Waals surface area (Å²) in [4.78, 5) is 12.5. The van der Waals surface area contributed by atoms with Crippen LogP contribution in [0.2, 0.25) is 0 Å². The van der Waals surface area contributed by atoms with Crippen molar-refractivity contribution >= 4 is 16.5 Å². The van der Waals surface area contributed by atoms with Gasteiger partial charge in [-0.25, -0.2) is 0 Å². The second-order valence-corrected chi connectivity index (χ2v) is 5.04. The lowest BCUT2D eigenvalue weighted by Gasteiger charge is -2.09. The molecule has 0 unspecified atom stereocenters. The summed E-state index contributed by atoms with van der Waals surface area (Å²) in [6.07, 6.45) is 1.80. The molecule has 0 aliphatic carbocycles. The van der Waals surface area contributed by atoms with Gasteiger partial charge in [0.1, 0.15) is 5.75 Å². The molecular weight excluding hydrogens is 278 g/mol. The van der Waals surface area contributed by atoms with Gasteiger partial charge in [0.25, 0.3) is 5.56 Å². The van der Waals surface area contributed by atoms with Crippen molar-refractivity contribution in [1.29, 1.82) is 0 Å². The number of ether oxygens (including phenoxy) is 1. The first-order valence-electron chi connectivity index (χ1n) is 6.94. The number of hydrogen-bond donors (Lipinski definition) is 2. The van der Waals surface area contributed by atoms with E-state index in [2.05, 4.69) is 5.43 Å². The summed E-state index contributed by atoms with van der Waals surface area (Å²) < 4.78 is 6.83. The summed E-state index contributed by atoms with van der Waals surface area (Å²) in [7, 11) is 1.63. The van der Waals surface area contributed by atoms with Gasteiger partial charge in [-0.2, -0.15) is 0 Å². The zero-order chi connectivity index (χ0) is 15.5. The fraction of sp³-hybridized carbons (Fsp3) is 0.118. The van der Waals surface area contributed by atoms with E-state index in [1.807, 2.05) is 36.4 Å².